The van der Waals surface area contributed by atoms with Gasteiger partial charge in [-0.3, -0.25) is 14.4 Å². The third-order valence-corrected chi connectivity index (χ3v) is 5.27. The van der Waals surface area contributed by atoms with Crippen molar-refractivity contribution in [2.75, 3.05) is 19.6 Å². The van der Waals surface area contributed by atoms with E-state index in [9.17, 15) is 4.79 Å². The van der Waals surface area contributed by atoms with E-state index in [0.717, 1.165) is 31.5 Å². The summed E-state index contributed by atoms with van der Waals surface area (Å²) in [4.78, 5) is 17.4. The average Bonchev–Trinajstić information content (AvgIpc) is 3.23. The minimum absolute atomic E-state index is 0.328. The number of rotatable bonds is 5. The average molecular weight is 304 g/mol. The van der Waals surface area contributed by atoms with Gasteiger partial charge in [-0.25, -0.2) is 0 Å². The summed E-state index contributed by atoms with van der Waals surface area (Å²) in [6.07, 6.45) is 10.2. The lowest BCUT2D eigenvalue weighted by Gasteiger charge is -2.34. The molecule has 3 rings (SSSR count). The number of hydrogen-bond donors (Lipinski definition) is 0. The molecule has 1 aromatic heterocycles. The number of carbonyl (C=O) groups is 1. The van der Waals surface area contributed by atoms with Gasteiger partial charge < -0.3 is 4.90 Å². The topological polar surface area (TPSA) is 41.4 Å². The van der Waals surface area contributed by atoms with Crippen LogP contribution in [0.25, 0.3) is 0 Å². The molecule has 2 atom stereocenters. The molecule has 0 aromatic carbocycles. The molecule has 5 nitrogen and oxygen atoms in total. The lowest BCUT2D eigenvalue weighted by molar-refractivity contribution is -0.133. The summed E-state index contributed by atoms with van der Waals surface area (Å²) >= 11 is 0. The van der Waals surface area contributed by atoms with Crippen molar-refractivity contribution in [3.8, 4) is 0 Å². The van der Waals surface area contributed by atoms with Crippen molar-refractivity contribution in [2.24, 2.45) is 7.05 Å². The van der Waals surface area contributed by atoms with Crippen LogP contribution in [-0.2, 0) is 18.3 Å². The van der Waals surface area contributed by atoms with Crippen LogP contribution in [0.4, 0.5) is 0 Å². The summed E-state index contributed by atoms with van der Waals surface area (Å²) in [6.45, 7) is 5.50. The summed E-state index contributed by atoms with van der Waals surface area (Å²) in [5.41, 5.74) is 1.16. The molecular formula is C17H28N4O. The van der Waals surface area contributed by atoms with Crippen LogP contribution in [0.3, 0.4) is 0 Å². The summed E-state index contributed by atoms with van der Waals surface area (Å²) in [7, 11) is 1.92. The van der Waals surface area contributed by atoms with Crippen LogP contribution in [0.1, 0.15) is 44.6 Å². The van der Waals surface area contributed by atoms with Gasteiger partial charge in [-0.05, 0) is 50.8 Å². The molecule has 1 aromatic rings. The van der Waals surface area contributed by atoms with Crippen LogP contribution in [-0.4, -0.2) is 57.2 Å². The Kier molecular flexibility index (Phi) is 4.81. The fraction of sp³-hybridized carbons (Fsp3) is 0.765. The fourth-order valence-corrected chi connectivity index (χ4v) is 4.18. The molecule has 0 aliphatic carbocycles. The maximum absolute atomic E-state index is 12.7. The maximum Gasteiger partial charge on any atom is 0.223 e. The van der Waals surface area contributed by atoms with Gasteiger partial charge >= 0.3 is 0 Å². The second-order valence-corrected chi connectivity index (χ2v) is 6.66. The molecule has 2 aliphatic rings. The van der Waals surface area contributed by atoms with Crippen LogP contribution in [0.15, 0.2) is 12.4 Å². The Morgan fingerprint density at radius 1 is 1.27 bits per heavy atom. The van der Waals surface area contributed by atoms with Gasteiger partial charge in [-0.1, -0.05) is 6.92 Å². The third kappa shape index (κ3) is 3.19. The molecular weight excluding hydrogens is 276 g/mol. The Morgan fingerprint density at radius 2 is 2.05 bits per heavy atom. The van der Waals surface area contributed by atoms with E-state index in [4.69, 9.17) is 0 Å². The zero-order valence-corrected chi connectivity index (χ0v) is 13.9. The van der Waals surface area contributed by atoms with Crippen molar-refractivity contribution < 1.29 is 4.79 Å². The van der Waals surface area contributed by atoms with E-state index < -0.39 is 0 Å². The predicted molar refractivity (Wildman–Crippen MR) is 86.5 cm³/mol. The van der Waals surface area contributed by atoms with E-state index in [1.165, 1.54) is 25.8 Å². The first-order valence-electron chi connectivity index (χ1n) is 8.70. The Hall–Kier alpha value is -1.36. The second-order valence-electron chi connectivity index (χ2n) is 6.66. The highest BCUT2D eigenvalue weighted by Gasteiger charge is 2.38. The fourth-order valence-electron chi connectivity index (χ4n) is 4.18. The van der Waals surface area contributed by atoms with Gasteiger partial charge in [0.05, 0.1) is 6.20 Å². The van der Waals surface area contributed by atoms with E-state index in [0.29, 0.717) is 24.4 Å². The maximum atomic E-state index is 12.7. The van der Waals surface area contributed by atoms with E-state index in [1.54, 1.807) is 4.68 Å². The number of likely N-dealkylation sites (tertiary alicyclic amines) is 2. The molecule has 0 bridgehead atoms. The first kappa shape index (κ1) is 15.5. The van der Waals surface area contributed by atoms with Crippen molar-refractivity contribution in [3.63, 3.8) is 0 Å². The van der Waals surface area contributed by atoms with E-state index >= 15 is 0 Å². The minimum atomic E-state index is 0.328. The highest BCUT2D eigenvalue weighted by molar-refractivity contribution is 5.77. The van der Waals surface area contributed by atoms with Gasteiger partial charge in [-0.15, -0.1) is 0 Å². The number of amides is 1. The first-order valence-corrected chi connectivity index (χ1v) is 8.70. The predicted octanol–water partition coefficient (Wildman–Crippen LogP) is 1.83. The molecule has 3 heterocycles. The normalized spacial score (nSPS) is 26.0. The number of aryl methyl sites for hydroxylation is 2. The molecule has 22 heavy (non-hydrogen) atoms. The van der Waals surface area contributed by atoms with E-state index in [2.05, 4.69) is 21.8 Å². The minimum Gasteiger partial charge on any atom is -0.338 e. The van der Waals surface area contributed by atoms with Gasteiger partial charge in [-0.2, -0.15) is 5.10 Å². The van der Waals surface area contributed by atoms with Crippen molar-refractivity contribution in [1.29, 1.82) is 0 Å². The molecule has 0 spiro atoms. The third-order valence-electron chi connectivity index (χ3n) is 5.27. The first-order chi connectivity index (χ1) is 10.7. The van der Waals surface area contributed by atoms with Crippen LogP contribution in [0.2, 0.25) is 0 Å². The lowest BCUT2D eigenvalue weighted by atomic mass is 10.0. The van der Waals surface area contributed by atoms with Gasteiger partial charge in [0.1, 0.15) is 0 Å². The smallest absolute Gasteiger partial charge is 0.223 e. The molecule has 2 fully saturated rings. The summed E-state index contributed by atoms with van der Waals surface area (Å²) in [5.74, 6) is 0.328. The number of aromatic nitrogens is 2. The standard InChI is InChI=1S/C17H28N4O/c1-3-20-10-4-6-15(20)16-7-5-11-21(16)17(22)9-8-14-12-18-19(2)13-14/h12-13,15-16H,3-11H2,1-2H3. The van der Waals surface area contributed by atoms with E-state index in [1.807, 2.05) is 19.4 Å². The Bertz CT molecular complexity index is 513. The summed E-state index contributed by atoms with van der Waals surface area (Å²) < 4.78 is 1.80. The molecule has 2 aliphatic heterocycles. The highest BCUT2D eigenvalue weighted by Crippen LogP contribution is 2.30. The monoisotopic (exact) mass is 304 g/mol. The number of carbonyl (C=O) groups excluding carboxylic acids is 1. The zero-order valence-electron chi connectivity index (χ0n) is 13.9. The Labute approximate surface area is 133 Å². The summed E-state index contributed by atoms with van der Waals surface area (Å²) in [5, 5.41) is 4.18. The molecule has 0 saturated carbocycles. The number of nitrogens with zero attached hydrogens (tertiary/aromatic N) is 4. The quantitative estimate of drug-likeness (QED) is 0.833. The van der Waals surface area contributed by atoms with Crippen molar-refractivity contribution >= 4 is 5.91 Å². The molecule has 1 amide bonds. The van der Waals surface area contributed by atoms with Gasteiger partial charge in [0, 0.05) is 38.3 Å². The largest absolute Gasteiger partial charge is 0.338 e. The SMILES string of the molecule is CCN1CCCC1C1CCCN1C(=O)CCc1cnn(C)c1. The van der Waals surface area contributed by atoms with Gasteiger partial charge in [0.25, 0.3) is 0 Å². The Balaban J connectivity index is 1.58. The second kappa shape index (κ2) is 6.82. The molecule has 2 saturated heterocycles. The van der Waals surface area contributed by atoms with Gasteiger partial charge in [0.2, 0.25) is 5.91 Å². The van der Waals surface area contributed by atoms with E-state index in [-0.39, 0.29) is 0 Å². The molecule has 0 N–H and O–H groups in total. The van der Waals surface area contributed by atoms with Crippen molar-refractivity contribution in [3.05, 3.63) is 18.0 Å². The van der Waals surface area contributed by atoms with Crippen molar-refractivity contribution in [2.45, 2.75) is 57.5 Å². The van der Waals surface area contributed by atoms with Crippen LogP contribution >= 0.6 is 0 Å². The Morgan fingerprint density at radius 3 is 2.77 bits per heavy atom. The summed E-state index contributed by atoms with van der Waals surface area (Å²) in [6, 6.07) is 1.04. The van der Waals surface area contributed by atoms with Crippen LogP contribution in [0, 0.1) is 0 Å². The molecule has 5 heteroatoms. The van der Waals surface area contributed by atoms with Gasteiger partial charge in [0.15, 0.2) is 0 Å². The molecule has 0 radical (unpaired) electrons. The molecule has 2 unspecified atom stereocenters. The number of likely N-dealkylation sites (N-methyl/N-ethyl adjacent to an activating group) is 1. The molecule has 122 valence electrons. The number of hydrogen-bond acceptors (Lipinski definition) is 3. The highest BCUT2D eigenvalue weighted by atomic mass is 16.2. The van der Waals surface area contributed by atoms with Crippen molar-refractivity contribution in [1.82, 2.24) is 19.6 Å². The van der Waals surface area contributed by atoms with Crippen LogP contribution < -0.4 is 0 Å². The zero-order chi connectivity index (χ0) is 15.5. The lowest BCUT2D eigenvalue weighted by Crippen LogP contribution is -2.48. The van der Waals surface area contributed by atoms with Crippen LogP contribution in [0.5, 0.6) is 0 Å².